The number of aromatic nitrogens is 3. The summed E-state index contributed by atoms with van der Waals surface area (Å²) in [6.45, 7) is 1.47. The molecule has 1 aromatic rings. The van der Waals surface area contributed by atoms with Crippen molar-refractivity contribution >= 4 is 5.91 Å². The van der Waals surface area contributed by atoms with Crippen LogP contribution in [0.1, 0.15) is 25.7 Å². The second-order valence-corrected chi connectivity index (χ2v) is 4.85. The molecule has 1 amide bonds. The Hall–Kier alpha value is -1.43. The molecule has 1 heterocycles. The van der Waals surface area contributed by atoms with Crippen molar-refractivity contribution in [1.29, 1.82) is 0 Å². The first-order chi connectivity index (χ1) is 8.79. The van der Waals surface area contributed by atoms with Crippen LogP contribution >= 0.6 is 0 Å². The van der Waals surface area contributed by atoms with E-state index in [1.165, 1.54) is 0 Å². The fourth-order valence-electron chi connectivity index (χ4n) is 2.52. The Morgan fingerprint density at radius 1 is 1.44 bits per heavy atom. The SMILES string of the molecule is O=C(CCn1ccnn1)NCC1CCCC1CO. The van der Waals surface area contributed by atoms with Crippen LogP contribution in [0.5, 0.6) is 0 Å². The molecule has 2 N–H and O–H groups in total. The lowest BCUT2D eigenvalue weighted by molar-refractivity contribution is -0.121. The van der Waals surface area contributed by atoms with E-state index in [0.717, 1.165) is 19.3 Å². The molecule has 6 heteroatoms. The number of rotatable bonds is 6. The maximum atomic E-state index is 11.7. The van der Waals surface area contributed by atoms with Gasteiger partial charge in [-0.2, -0.15) is 0 Å². The van der Waals surface area contributed by atoms with Crippen molar-refractivity contribution in [1.82, 2.24) is 20.3 Å². The van der Waals surface area contributed by atoms with Gasteiger partial charge in [-0.3, -0.25) is 9.48 Å². The van der Waals surface area contributed by atoms with Crippen LogP contribution in [0, 0.1) is 11.8 Å². The summed E-state index contributed by atoms with van der Waals surface area (Å²) in [5, 5.41) is 19.6. The van der Waals surface area contributed by atoms with Crippen molar-refractivity contribution < 1.29 is 9.90 Å². The zero-order valence-corrected chi connectivity index (χ0v) is 10.5. The van der Waals surface area contributed by atoms with Gasteiger partial charge in [-0.05, 0) is 24.7 Å². The molecule has 1 aliphatic rings. The normalized spacial score (nSPS) is 23.2. The van der Waals surface area contributed by atoms with Crippen LogP contribution in [-0.4, -0.2) is 39.2 Å². The first kappa shape index (κ1) is 13.0. The first-order valence-corrected chi connectivity index (χ1v) is 6.51. The molecule has 100 valence electrons. The minimum Gasteiger partial charge on any atom is -0.396 e. The highest BCUT2D eigenvalue weighted by atomic mass is 16.3. The van der Waals surface area contributed by atoms with E-state index in [9.17, 15) is 9.90 Å². The lowest BCUT2D eigenvalue weighted by atomic mass is 9.97. The zero-order valence-electron chi connectivity index (χ0n) is 10.5. The van der Waals surface area contributed by atoms with Crippen molar-refractivity contribution in [2.75, 3.05) is 13.2 Å². The summed E-state index contributed by atoms with van der Waals surface area (Å²) in [4.78, 5) is 11.7. The van der Waals surface area contributed by atoms with Gasteiger partial charge < -0.3 is 10.4 Å². The molecule has 18 heavy (non-hydrogen) atoms. The van der Waals surface area contributed by atoms with Gasteiger partial charge in [-0.1, -0.05) is 11.6 Å². The van der Waals surface area contributed by atoms with Gasteiger partial charge in [-0.15, -0.1) is 5.10 Å². The van der Waals surface area contributed by atoms with Gasteiger partial charge >= 0.3 is 0 Å². The van der Waals surface area contributed by atoms with Gasteiger partial charge in [0.05, 0.1) is 12.7 Å². The fourth-order valence-corrected chi connectivity index (χ4v) is 2.52. The number of aryl methyl sites for hydroxylation is 1. The summed E-state index contributed by atoms with van der Waals surface area (Å²) in [5.41, 5.74) is 0. The number of aliphatic hydroxyl groups is 1. The summed E-state index contributed by atoms with van der Waals surface area (Å²) in [5.74, 6) is 0.833. The molecule has 0 spiro atoms. The van der Waals surface area contributed by atoms with E-state index < -0.39 is 0 Å². The Bertz CT molecular complexity index is 366. The molecule has 1 saturated carbocycles. The van der Waals surface area contributed by atoms with Gasteiger partial charge in [0, 0.05) is 25.8 Å². The zero-order chi connectivity index (χ0) is 12.8. The molecule has 2 atom stereocenters. The molecule has 1 aromatic heterocycles. The molecule has 0 saturated heterocycles. The number of nitrogens with zero attached hydrogens (tertiary/aromatic N) is 3. The van der Waals surface area contributed by atoms with Gasteiger partial charge in [0.15, 0.2) is 0 Å². The summed E-state index contributed by atoms with van der Waals surface area (Å²) < 4.78 is 1.64. The Labute approximate surface area is 106 Å². The van der Waals surface area contributed by atoms with Gasteiger partial charge in [0.1, 0.15) is 0 Å². The molecule has 6 nitrogen and oxygen atoms in total. The summed E-state index contributed by atoms with van der Waals surface area (Å²) in [6, 6.07) is 0. The van der Waals surface area contributed by atoms with E-state index >= 15 is 0 Å². The number of aliphatic hydroxyl groups excluding tert-OH is 1. The second-order valence-electron chi connectivity index (χ2n) is 4.85. The Morgan fingerprint density at radius 2 is 2.28 bits per heavy atom. The van der Waals surface area contributed by atoms with Crippen LogP contribution in [0.4, 0.5) is 0 Å². The maximum absolute atomic E-state index is 11.7. The molecular weight excluding hydrogens is 232 g/mol. The Kier molecular flexibility index (Phi) is 4.69. The van der Waals surface area contributed by atoms with E-state index in [0.29, 0.717) is 31.3 Å². The predicted molar refractivity (Wildman–Crippen MR) is 65.6 cm³/mol. The van der Waals surface area contributed by atoms with E-state index in [2.05, 4.69) is 15.6 Å². The minimum absolute atomic E-state index is 0.0362. The molecule has 0 aliphatic heterocycles. The third-order valence-electron chi connectivity index (χ3n) is 3.65. The number of carbonyl (C=O) groups is 1. The smallest absolute Gasteiger partial charge is 0.221 e. The van der Waals surface area contributed by atoms with Crippen molar-refractivity contribution in [2.45, 2.75) is 32.2 Å². The van der Waals surface area contributed by atoms with Crippen LogP contribution in [-0.2, 0) is 11.3 Å². The number of nitrogens with one attached hydrogen (secondary N) is 1. The average molecular weight is 252 g/mol. The average Bonchev–Trinajstić information content (AvgIpc) is 3.04. The van der Waals surface area contributed by atoms with Crippen molar-refractivity contribution in [3.05, 3.63) is 12.4 Å². The molecule has 1 aliphatic carbocycles. The number of carbonyl (C=O) groups excluding carboxylic acids is 1. The molecule has 0 bridgehead atoms. The third kappa shape index (κ3) is 3.53. The molecule has 1 fully saturated rings. The van der Waals surface area contributed by atoms with E-state index in [-0.39, 0.29) is 12.5 Å². The van der Waals surface area contributed by atoms with Gasteiger partial charge in [0.25, 0.3) is 0 Å². The maximum Gasteiger partial charge on any atom is 0.221 e. The fraction of sp³-hybridized carbons (Fsp3) is 0.750. The lowest BCUT2D eigenvalue weighted by Crippen LogP contribution is -2.32. The highest BCUT2D eigenvalue weighted by molar-refractivity contribution is 5.75. The predicted octanol–water partition coefficient (Wildman–Crippen LogP) is 0.193. The highest BCUT2D eigenvalue weighted by Gasteiger charge is 2.26. The molecule has 2 unspecified atom stereocenters. The minimum atomic E-state index is 0.0362. The Morgan fingerprint density at radius 3 is 3.00 bits per heavy atom. The molecule has 2 rings (SSSR count). The topological polar surface area (TPSA) is 80.0 Å². The van der Waals surface area contributed by atoms with Crippen molar-refractivity contribution in [2.24, 2.45) is 11.8 Å². The van der Waals surface area contributed by atoms with Crippen LogP contribution in [0.2, 0.25) is 0 Å². The van der Waals surface area contributed by atoms with Crippen molar-refractivity contribution in [3.63, 3.8) is 0 Å². The van der Waals surface area contributed by atoms with Crippen LogP contribution < -0.4 is 5.32 Å². The summed E-state index contributed by atoms with van der Waals surface area (Å²) >= 11 is 0. The van der Waals surface area contributed by atoms with E-state index in [4.69, 9.17) is 0 Å². The first-order valence-electron chi connectivity index (χ1n) is 6.51. The molecular formula is C12H20N4O2. The monoisotopic (exact) mass is 252 g/mol. The summed E-state index contributed by atoms with van der Waals surface area (Å²) in [7, 11) is 0. The summed E-state index contributed by atoms with van der Waals surface area (Å²) in [6.07, 6.45) is 7.10. The number of amides is 1. The third-order valence-corrected chi connectivity index (χ3v) is 3.65. The molecule has 0 radical (unpaired) electrons. The quantitative estimate of drug-likeness (QED) is 0.757. The molecule has 0 aromatic carbocycles. The highest BCUT2D eigenvalue weighted by Crippen LogP contribution is 2.30. The Balaban J connectivity index is 1.65. The van der Waals surface area contributed by atoms with E-state index in [1.807, 2.05) is 0 Å². The lowest BCUT2D eigenvalue weighted by Gasteiger charge is -2.17. The van der Waals surface area contributed by atoms with Crippen LogP contribution in [0.15, 0.2) is 12.4 Å². The van der Waals surface area contributed by atoms with Gasteiger partial charge in [0.2, 0.25) is 5.91 Å². The number of hydrogen-bond acceptors (Lipinski definition) is 4. The second kappa shape index (κ2) is 6.49. The largest absolute Gasteiger partial charge is 0.396 e. The van der Waals surface area contributed by atoms with Crippen LogP contribution in [0.3, 0.4) is 0 Å². The van der Waals surface area contributed by atoms with Crippen LogP contribution in [0.25, 0.3) is 0 Å². The standard InChI is InChI=1S/C12H20N4O2/c17-9-11-3-1-2-10(11)8-13-12(18)4-6-16-7-5-14-15-16/h5,7,10-11,17H,1-4,6,8-9H2,(H,13,18). The number of hydrogen-bond donors (Lipinski definition) is 2. The van der Waals surface area contributed by atoms with Gasteiger partial charge in [-0.25, -0.2) is 0 Å². The van der Waals surface area contributed by atoms with Crippen molar-refractivity contribution in [3.8, 4) is 0 Å². The van der Waals surface area contributed by atoms with E-state index in [1.54, 1.807) is 17.1 Å².